The molecule has 0 bridgehead atoms. The van der Waals surface area contributed by atoms with Crippen LogP contribution in [0.4, 0.5) is 0 Å². The molecule has 1 amide bonds. The molecule has 0 unspecified atom stereocenters. The van der Waals surface area contributed by atoms with Crippen molar-refractivity contribution in [3.8, 4) is 6.07 Å². The Morgan fingerprint density at radius 3 is 2.55 bits per heavy atom. The van der Waals surface area contributed by atoms with Crippen LogP contribution in [0.2, 0.25) is 0 Å². The zero-order valence-corrected chi connectivity index (χ0v) is 18.0. The maximum atomic E-state index is 12.9. The lowest BCUT2D eigenvalue weighted by molar-refractivity contribution is -0.131. The van der Waals surface area contributed by atoms with Gasteiger partial charge in [0.25, 0.3) is 5.78 Å². The van der Waals surface area contributed by atoms with Crippen molar-refractivity contribution in [2.24, 2.45) is 0 Å². The summed E-state index contributed by atoms with van der Waals surface area (Å²) in [6.07, 6.45) is 0.0197. The third-order valence-electron chi connectivity index (χ3n) is 5.19. The van der Waals surface area contributed by atoms with Gasteiger partial charge in [-0.05, 0) is 32.0 Å². The topological polar surface area (TPSA) is 125 Å². The van der Waals surface area contributed by atoms with Crippen molar-refractivity contribution in [3.63, 3.8) is 0 Å². The van der Waals surface area contributed by atoms with Gasteiger partial charge in [-0.2, -0.15) is 14.6 Å². The Morgan fingerprint density at radius 2 is 1.84 bits per heavy atom. The normalized spacial score (nSPS) is 15.2. The van der Waals surface area contributed by atoms with Gasteiger partial charge in [-0.1, -0.05) is 12.1 Å². The molecule has 0 aliphatic carbocycles. The number of aryl methyl sites for hydroxylation is 2. The Bertz CT molecular complexity index is 1300. The van der Waals surface area contributed by atoms with E-state index in [4.69, 9.17) is 0 Å². The monoisotopic (exact) mass is 439 g/mol. The molecule has 3 aromatic rings. The summed E-state index contributed by atoms with van der Waals surface area (Å²) in [5, 5.41) is 13.6. The van der Waals surface area contributed by atoms with Crippen LogP contribution in [0.5, 0.6) is 0 Å². The van der Waals surface area contributed by atoms with Gasteiger partial charge in [0.05, 0.1) is 16.9 Å². The lowest BCUT2D eigenvalue weighted by Crippen LogP contribution is -2.51. The Morgan fingerprint density at radius 1 is 1.13 bits per heavy atom. The summed E-state index contributed by atoms with van der Waals surface area (Å²) >= 11 is 0. The van der Waals surface area contributed by atoms with Crippen molar-refractivity contribution < 1.29 is 13.2 Å². The lowest BCUT2D eigenvalue weighted by atomic mass is 10.2. The number of amides is 1. The number of fused-ring (bicyclic) bond motifs is 1. The fourth-order valence-corrected chi connectivity index (χ4v) is 5.19. The number of rotatable bonds is 4. The standard InChI is InChI=1S/C20H21N7O3S/c1-14-11-15(2)27-20(22-14)23-18(24-27)12-19(28)25-7-9-26(10-8-25)31(29,30)17-6-4-3-5-16(17)13-21/h3-6,11H,7-10,12H2,1-2H3. The third kappa shape index (κ3) is 3.99. The molecule has 1 aromatic carbocycles. The summed E-state index contributed by atoms with van der Waals surface area (Å²) in [5.74, 6) is 0.663. The molecule has 1 saturated heterocycles. The van der Waals surface area contributed by atoms with E-state index in [-0.39, 0.29) is 49.0 Å². The summed E-state index contributed by atoms with van der Waals surface area (Å²) in [4.78, 5) is 23.0. The predicted octanol–water partition coefficient (Wildman–Crippen LogP) is 0.688. The van der Waals surface area contributed by atoms with Crippen LogP contribution in [0.15, 0.2) is 35.2 Å². The second-order valence-electron chi connectivity index (χ2n) is 7.35. The van der Waals surface area contributed by atoms with Gasteiger partial charge in [-0.3, -0.25) is 4.79 Å². The summed E-state index contributed by atoms with van der Waals surface area (Å²) in [5.41, 5.74) is 1.81. The van der Waals surface area contributed by atoms with Crippen LogP contribution >= 0.6 is 0 Å². The van der Waals surface area contributed by atoms with Gasteiger partial charge >= 0.3 is 0 Å². The summed E-state index contributed by atoms with van der Waals surface area (Å²) in [6.45, 7) is 4.60. The van der Waals surface area contributed by atoms with E-state index in [1.165, 1.54) is 16.4 Å². The highest BCUT2D eigenvalue weighted by Gasteiger charge is 2.31. The SMILES string of the molecule is Cc1cc(C)n2nc(CC(=O)N3CCN(S(=O)(=O)c4ccccc4C#N)CC3)nc2n1. The molecular weight excluding hydrogens is 418 g/mol. The zero-order chi connectivity index (χ0) is 22.2. The molecule has 0 atom stereocenters. The highest BCUT2D eigenvalue weighted by molar-refractivity contribution is 7.89. The van der Waals surface area contributed by atoms with Gasteiger partial charge in [0.1, 0.15) is 6.07 Å². The minimum Gasteiger partial charge on any atom is -0.340 e. The van der Waals surface area contributed by atoms with E-state index >= 15 is 0 Å². The van der Waals surface area contributed by atoms with E-state index in [2.05, 4.69) is 15.1 Å². The molecule has 0 saturated carbocycles. The zero-order valence-electron chi connectivity index (χ0n) is 17.2. The van der Waals surface area contributed by atoms with Crippen molar-refractivity contribution in [1.82, 2.24) is 28.8 Å². The van der Waals surface area contributed by atoms with Gasteiger partial charge < -0.3 is 4.90 Å². The first-order valence-electron chi connectivity index (χ1n) is 9.76. The number of nitriles is 1. The van der Waals surface area contributed by atoms with Crippen molar-refractivity contribution in [2.75, 3.05) is 26.2 Å². The Hall–Kier alpha value is -3.36. The maximum Gasteiger partial charge on any atom is 0.252 e. The minimum absolute atomic E-state index is 0.00987. The number of benzene rings is 1. The molecule has 2 aromatic heterocycles. The van der Waals surface area contributed by atoms with E-state index in [0.29, 0.717) is 11.6 Å². The average molecular weight is 440 g/mol. The number of carbonyl (C=O) groups is 1. The maximum absolute atomic E-state index is 12.9. The molecule has 31 heavy (non-hydrogen) atoms. The fraction of sp³-hybridized carbons (Fsp3) is 0.350. The highest BCUT2D eigenvalue weighted by Crippen LogP contribution is 2.21. The first-order valence-corrected chi connectivity index (χ1v) is 11.2. The quantitative estimate of drug-likeness (QED) is 0.586. The Labute approximate surface area is 179 Å². The van der Waals surface area contributed by atoms with E-state index < -0.39 is 10.0 Å². The third-order valence-corrected chi connectivity index (χ3v) is 7.14. The highest BCUT2D eigenvalue weighted by atomic mass is 32.2. The van der Waals surface area contributed by atoms with Crippen LogP contribution in [0, 0.1) is 25.2 Å². The molecule has 0 N–H and O–H groups in total. The van der Waals surface area contributed by atoms with Crippen molar-refractivity contribution >= 4 is 21.7 Å². The number of piperazine rings is 1. The number of hydrogen-bond acceptors (Lipinski definition) is 7. The largest absolute Gasteiger partial charge is 0.340 e. The molecule has 1 fully saturated rings. The Balaban J connectivity index is 1.43. The second-order valence-corrected chi connectivity index (χ2v) is 9.25. The van der Waals surface area contributed by atoms with Crippen molar-refractivity contribution in [3.05, 3.63) is 53.1 Å². The molecule has 10 nitrogen and oxygen atoms in total. The molecule has 3 heterocycles. The molecule has 0 spiro atoms. The van der Waals surface area contributed by atoms with Gasteiger partial charge in [0, 0.05) is 37.6 Å². The average Bonchev–Trinajstić information content (AvgIpc) is 3.16. The van der Waals surface area contributed by atoms with Crippen LogP contribution in [0.3, 0.4) is 0 Å². The van der Waals surface area contributed by atoms with Crippen molar-refractivity contribution in [1.29, 1.82) is 5.26 Å². The number of sulfonamides is 1. The molecule has 1 aliphatic heterocycles. The van der Waals surface area contributed by atoms with Crippen LogP contribution in [0.25, 0.3) is 5.78 Å². The fourth-order valence-electron chi connectivity index (χ4n) is 3.63. The number of hydrogen-bond donors (Lipinski definition) is 0. The Kier molecular flexibility index (Phi) is 5.43. The van der Waals surface area contributed by atoms with Crippen molar-refractivity contribution in [2.45, 2.75) is 25.2 Å². The molecule has 160 valence electrons. The van der Waals surface area contributed by atoms with Crippen LogP contribution in [0.1, 0.15) is 22.8 Å². The molecule has 0 radical (unpaired) electrons. The van der Waals surface area contributed by atoms with E-state index in [1.54, 1.807) is 21.5 Å². The smallest absolute Gasteiger partial charge is 0.252 e. The molecule has 11 heteroatoms. The molecule has 4 rings (SSSR count). The number of aromatic nitrogens is 4. The lowest BCUT2D eigenvalue weighted by Gasteiger charge is -2.34. The van der Waals surface area contributed by atoms with Gasteiger partial charge in [0.15, 0.2) is 5.82 Å². The molecular formula is C20H21N7O3S. The number of carbonyl (C=O) groups excluding carboxylic acids is 1. The minimum atomic E-state index is -3.80. The first kappa shape index (κ1) is 20.9. The van der Waals surface area contributed by atoms with Crippen LogP contribution in [-0.4, -0.2) is 69.3 Å². The van der Waals surface area contributed by atoms with E-state index in [0.717, 1.165) is 11.4 Å². The predicted molar refractivity (Wildman–Crippen MR) is 110 cm³/mol. The van der Waals surface area contributed by atoms with E-state index in [9.17, 15) is 18.5 Å². The van der Waals surface area contributed by atoms with Gasteiger partial charge in [-0.15, -0.1) is 5.10 Å². The van der Waals surface area contributed by atoms with Gasteiger partial charge in [0.2, 0.25) is 15.9 Å². The van der Waals surface area contributed by atoms with E-state index in [1.807, 2.05) is 26.0 Å². The van der Waals surface area contributed by atoms with Gasteiger partial charge in [-0.25, -0.2) is 17.9 Å². The summed E-state index contributed by atoms with van der Waals surface area (Å²) in [6, 6.07) is 9.93. The number of nitrogens with zero attached hydrogens (tertiary/aromatic N) is 7. The van der Waals surface area contributed by atoms with Crippen LogP contribution < -0.4 is 0 Å². The van der Waals surface area contributed by atoms with Crippen LogP contribution in [-0.2, 0) is 21.2 Å². The summed E-state index contributed by atoms with van der Waals surface area (Å²) in [7, 11) is -3.80. The molecule has 1 aliphatic rings. The second kappa shape index (κ2) is 8.05. The first-order chi connectivity index (χ1) is 14.8. The summed E-state index contributed by atoms with van der Waals surface area (Å²) < 4.78 is 28.8.